The fourth-order valence-corrected chi connectivity index (χ4v) is 3.11. The first kappa shape index (κ1) is 16.9. The maximum absolute atomic E-state index is 12.5. The fourth-order valence-electron chi connectivity index (χ4n) is 3.11. The van der Waals surface area contributed by atoms with Crippen molar-refractivity contribution in [2.45, 2.75) is 38.8 Å². The minimum atomic E-state index is -0.174. The Hall–Kier alpha value is -1.93. The third kappa shape index (κ3) is 3.76. The Bertz CT molecular complexity index is 582. The molecule has 0 unspecified atom stereocenters. The lowest BCUT2D eigenvalue weighted by atomic mass is 10.1. The summed E-state index contributed by atoms with van der Waals surface area (Å²) in [5.74, 6) is -0.115. The number of fused-ring (bicyclic) bond motifs is 1. The number of carbonyl (C=O) groups excluding carboxylic acids is 2. The van der Waals surface area contributed by atoms with Gasteiger partial charge in [-0.05, 0) is 25.8 Å². The van der Waals surface area contributed by atoms with E-state index < -0.39 is 0 Å². The summed E-state index contributed by atoms with van der Waals surface area (Å²) in [7, 11) is 0. The Morgan fingerprint density at radius 2 is 2.25 bits per heavy atom. The molecule has 132 valence electrons. The smallest absolute Gasteiger partial charge is 0.248 e. The van der Waals surface area contributed by atoms with Gasteiger partial charge in [-0.15, -0.1) is 0 Å². The summed E-state index contributed by atoms with van der Waals surface area (Å²) in [5, 5.41) is 5.78. The first-order chi connectivity index (χ1) is 11.7. The van der Waals surface area contributed by atoms with E-state index in [0.717, 1.165) is 18.5 Å². The van der Waals surface area contributed by atoms with Gasteiger partial charge in [-0.25, -0.2) is 5.06 Å². The summed E-state index contributed by atoms with van der Waals surface area (Å²) in [6.07, 6.45) is 3.92. The van der Waals surface area contributed by atoms with E-state index in [4.69, 9.17) is 9.57 Å². The predicted octanol–water partition coefficient (Wildman–Crippen LogP) is 0.747. The number of amides is 2. The molecule has 0 aliphatic carbocycles. The van der Waals surface area contributed by atoms with Crippen molar-refractivity contribution in [2.24, 2.45) is 0 Å². The number of hydrogen-bond acceptors (Lipinski definition) is 5. The monoisotopic (exact) mass is 336 g/mol. The molecule has 0 spiro atoms. The fraction of sp³-hybridized carbons (Fsp3) is 0.688. The normalized spacial score (nSPS) is 20.8. The van der Waals surface area contributed by atoms with E-state index in [1.165, 1.54) is 5.06 Å². The Kier molecular flexibility index (Phi) is 5.47. The van der Waals surface area contributed by atoms with Crippen LogP contribution in [-0.2, 0) is 25.7 Å². The highest BCUT2D eigenvalue weighted by atomic mass is 16.7. The second kappa shape index (κ2) is 7.76. The molecule has 2 amide bonds. The van der Waals surface area contributed by atoms with E-state index in [9.17, 15) is 9.59 Å². The zero-order valence-corrected chi connectivity index (χ0v) is 14.0. The van der Waals surface area contributed by atoms with Crippen molar-refractivity contribution in [1.82, 2.24) is 19.7 Å². The summed E-state index contributed by atoms with van der Waals surface area (Å²) in [4.78, 5) is 31.9. The van der Waals surface area contributed by atoms with E-state index >= 15 is 0 Å². The molecule has 0 saturated carbocycles. The van der Waals surface area contributed by atoms with Crippen LogP contribution in [0.15, 0.2) is 12.3 Å². The number of ether oxygens (including phenoxy) is 1. The second-order valence-electron chi connectivity index (χ2n) is 6.07. The Balaban J connectivity index is 1.67. The van der Waals surface area contributed by atoms with Crippen LogP contribution in [0.25, 0.3) is 0 Å². The maximum Gasteiger partial charge on any atom is 0.248 e. The number of hydroxylamine groups is 2. The molecular formula is C16H24N4O4. The van der Waals surface area contributed by atoms with Gasteiger partial charge in [0.25, 0.3) is 0 Å². The van der Waals surface area contributed by atoms with Crippen LogP contribution >= 0.6 is 0 Å². The van der Waals surface area contributed by atoms with Gasteiger partial charge in [-0.3, -0.25) is 19.1 Å². The highest BCUT2D eigenvalue weighted by Gasteiger charge is 2.31. The summed E-state index contributed by atoms with van der Waals surface area (Å²) < 4.78 is 7.07. The van der Waals surface area contributed by atoms with Crippen LogP contribution in [0.4, 0.5) is 0 Å². The van der Waals surface area contributed by atoms with E-state index in [-0.39, 0.29) is 30.9 Å². The molecule has 8 heteroatoms. The molecule has 8 nitrogen and oxygen atoms in total. The molecule has 1 saturated heterocycles. The predicted molar refractivity (Wildman–Crippen MR) is 84.7 cm³/mol. The number of nitrogens with zero attached hydrogens (tertiary/aromatic N) is 4. The van der Waals surface area contributed by atoms with Crippen LogP contribution in [0.3, 0.4) is 0 Å². The van der Waals surface area contributed by atoms with Crippen molar-refractivity contribution in [3.8, 4) is 0 Å². The molecule has 0 aromatic carbocycles. The Morgan fingerprint density at radius 1 is 1.38 bits per heavy atom. The zero-order valence-electron chi connectivity index (χ0n) is 14.0. The number of hydrogen-bond donors (Lipinski definition) is 0. The minimum absolute atomic E-state index is 0.0553. The minimum Gasteiger partial charge on any atom is -0.372 e. The molecule has 3 heterocycles. The standard InChI is InChI=1S/C16H24N4O4/c1-2-23-12-16(22)18-10-13-5-6-17-20(13)14(11-18)9-15(21)19-7-3-4-8-24-19/h5-6,14H,2-4,7-12H2,1H3/t14-/m1/s1. The van der Waals surface area contributed by atoms with Gasteiger partial charge >= 0.3 is 0 Å². The van der Waals surface area contributed by atoms with Gasteiger partial charge in [0.05, 0.1) is 31.3 Å². The van der Waals surface area contributed by atoms with Crippen LogP contribution in [0.5, 0.6) is 0 Å². The number of rotatable bonds is 5. The Morgan fingerprint density at radius 3 is 3.00 bits per heavy atom. The van der Waals surface area contributed by atoms with Gasteiger partial charge in [0.2, 0.25) is 11.8 Å². The van der Waals surface area contributed by atoms with Crippen molar-refractivity contribution >= 4 is 11.8 Å². The van der Waals surface area contributed by atoms with Gasteiger partial charge in [0.1, 0.15) is 6.61 Å². The van der Waals surface area contributed by atoms with Crippen molar-refractivity contribution in [1.29, 1.82) is 0 Å². The van der Waals surface area contributed by atoms with Gasteiger partial charge < -0.3 is 9.64 Å². The molecule has 0 radical (unpaired) electrons. The zero-order chi connectivity index (χ0) is 16.9. The summed E-state index contributed by atoms with van der Waals surface area (Å²) >= 11 is 0. The van der Waals surface area contributed by atoms with Crippen molar-refractivity contribution in [3.63, 3.8) is 0 Å². The molecule has 0 bridgehead atoms. The van der Waals surface area contributed by atoms with Gasteiger partial charge in [-0.2, -0.15) is 5.10 Å². The van der Waals surface area contributed by atoms with E-state index in [0.29, 0.717) is 32.8 Å². The third-order valence-electron chi connectivity index (χ3n) is 4.36. The lowest BCUT2D eigenvalue weighted by molar-refractivity contribution is -0.198. The van der Waals surface area contributed by atoms with Crippen LogP contribution in [0.2, 0.25) is 0 Å². The Labute approximate surface area is 141 Å². The van der Waals surface area contributed by atoms with Crippen LogP contribution in [0.1, 0.15) is 37.9 Å². The quantitative estimate of drug-likeness (QED) is 0.793. The molecule has 0 N–H and O–H groups in total. The lowest BCUT2D eigenvalue weighted by Gasteiger charge is -2.35. The topological polar surface area (TPSA) is 76.9 Å². The molecule has 24 heavy (non-hydrogen) atoms. The first-order valence-corrected chi connectivity index (χ1v) is 8.50. The average molecular weight is 336 g/mol. The van der Waals surface area contributed by atoms with Crippen molar-refractivity contribution < 1.29 is 19.2 Å². The molecule has 1 aromatic heterocycles. The van der Waals surface area contributed by atoms with Gasteiger partial charge in [0.15, 0.2) is 0 Å². The average Bonchev–Trinajstić information content (AvgIpc) is 3.09. The summed E-state index contributed by atoms with van der Waals surface area (Å²) in [6, 6.07) is 1.71. The van der Waals surface area contributed by atoms with Gasteiger partial charge in [-0.1, -0.05) is 0 Å². The molecule has 1 fully saturated rings. The molecule has 2 aliphatic rings. The van der Waals surface area contributed by atoms with Crippen LogP contribution in [-0.4, -0.2) is 64.5 Å². The third-order valence-corrected chi connectivity index (χ3v) is 4.36. The largest absolute Gasteiger partial charge is 0.372 e. The van der Waals surface area contributed by atoms with Crippen molar-refractivity contribution in [3.05, 3.63) is 18.0 Å². The van der Waals surface area contributed by atoms with Crippen LogP contribution < -0.4 is 0 Å². The highest BCUT2D eigenvalue weighted by molar-refractivity contribution is 5.78. The highest BCUT2D eigenvalue weighted by Crippen LogP contribution is 2.24. The molecule has 2 aliphatic heterocycles. The molecule has 1 aromatic rings. The molecular weight excluding hydrogens is 312 g/mol. The first-order valence-electron chi connectivity index (χ1n) is 8.50. The molecule has 1 atom stereocenters. The molecule has 3 rings (SSSR count). The van der Waals surface area contributed by atoms with Crippen molar-refractivity contribution in [2.75, 3.05) is 32.9 Å². The van der Waals surface area contributed by atoms with E-state index in [1.807, 2.05) is 17.7 Å². The van der Waals surface area contributed by atoms with E-state index in [1.54, 1.807) is 11.1 Å². The lowest BCUT2D eigenvalue weighted by Crippen LogP contribution is -2.45. The summed E-state index contributed by atoms with van der Waals surface area (Å²) in [5.41, 5.74) is 0.934. The van der Waals surface area contributed by atoms with Gasteiger partial charge in [0, 0.05) is 25.9 Å². The maximum atomic E-state index is 12.5. The number of carbonyl (C=O) groups is 2. The number of aromatic nitrogens is 2. The second-order valence-corrected chi connectivity index (χ2v) is 6.07. The van der Waals surface area contributed by atoms with Crippen LogP contribution in [0, 0.1) is 0 Å². The SMILES string of the molecule is CCOCC(=O)N1Cc2ccnn2[C@H](CC(=O)N2CCCCO2)C1. The van der Waals surface area contributed by atoms with E-state index in [2.05, 4.69) is 5.10 Å². The summed E-state index contributed by atoms with van der Waals surface area (Å²) in [6.45, 7) is 4.61.